The lowest BCUT2D eigenvalue weighted by Gasteiger charge is -2.27. The Morgan fingerprint density at radius 2 is 1.77 bits per heavy atom. The lowest BCUT2D eigenvalue weighted by atomic mass is 10.1. The fraction of sp³-hybridized carbons (Fsp3) is 0.360. The molecule has 4 rings (SSSR count). The molecule has 1 aliphatic heterocycles. The number of carbonyl (C=O) groups is 1. The minimum absolute atomic E-state index is 0.00608. The predicted octanol–water partition coefficient (Wildman–Crippen LogP) is 4.53. The Morgan fingerprint density at radius 3 is 2.52 bits per heavy atom. The SMILES string of the molecule is Cc1nn(-c2ccccc2)c(C)c1CC(=O)Nc1cccc(CN2CCSCC2)c1C. The molecule has 3 aromatic rings. The summed E-state index contributed by atoms with van der Waals surface area (Å²) in [4.78, 5) is 15.4. The highest BCUT2D eigenvalue weighted by atomic mass is 32.2. The van der Waals surface area contributed by atoms with Crippen molar-refractivity contribution < 1.29 is 4.79 Å². The fourth-order valence-corrected chi connectivity index (χ4v) is 5.08. The molecule has 0 bridgehead atoms. The van der Waals surface area contributed by atoms with Gasteiger partial charge in [-0.3, -0.25) is 9.69 Å². The molecule has 5 nitrogen and oxygen atoms in total. The maximum atomic E-state index is 12.9. The second-order valence-corrected chi connectivity index (χ2v) is 9.32. The van der Waals surface area contributed by atoms with Crippen LogP contribution >= 0.6 is 11.8 Å². The van der Waals surface area contributed by atoms with E-state index in [1.54, 1.807) is 0 Å². The van der Waals surface area contributed by atoms with E-state index in [4.69, 9.17) is 0 Å². The summed E-state index contributed by atoms with van der Waals surface area (Å²) in [7, 11) is 0. The zero-order valence-electron chi connectivity index (χ0n) is 18.5. The number of nitrogens with zero attached hydrogens (tertiary/aromatic N) is 3. The normalized spacial score (nSPS) is 14.5. The molecule has 1 fully saturated rings. The van der Waals surface area contributed by atoms with Gasteiger partial charge in [0.2, 0.25) is 5.91 Å². The van der Waals surface area contributed by atoms with Crippen molar-refractivity contribution in [3.63, 3.8) is 0 Å². The average Bonchev–Trinajstić information content (AvgIpc) is 3.06. The van der Waals surface area contributed by atoms with Crippen LogP contribution in [0, 0.1) is 20.8 Å². The molecule has 1 saturated heterocycles. The molecule has 162 valence electrons. The number of nitrogens with one attached hydrogen (secondary N) is 1. The molecule has 0 radical (unpaired) electrons. The molecular formula is C25H30N4OS. The van der Waals surface area contributed by atoms with E-state index in [0.29, 0.717) is 6.42 Å². The van der Waals surface area contributed by atoms with Gasteiger partial charge in [-0.05, 0) is 50.1 Å². The van der Waals surface area contributed by atoms with Gasteiger partial charge in [0.25, 0.3) is 0 Å². The second kappa shape index (κ2) is 9.71. The van der Waals surface area contributed by atoms with Crippen LogP contribution in [0.4, 0.5) is 5.69 Å². The number of anilines is 1. The van der Waals surface area contributed by atoms with E-state index in [9.17, 15) is 4.79 Å². The summed E-state index contributed by atoms with van der Waals surface area (Å²) in [5.41, 5.74) is 7.24. The standard InChI is InChI=1S/C25H30N4OS/c1-18-21(17-28-12-14-31-15-13-28)8-7-11-24(18)26-25(30)16-23-19(2)27-29(20(23)3)22-9-5-4-6-10-22/h4-11H,12-17H2,1-3H3,(H,26,30). The third-order valence-corrected chi connectivity index (χ3v) is 6.94. The Morgan fingerprint density at radius 1 is 1.03 bits per heavy atom. The number of aromatic nitrogens is 2. The first-order valence-electron chi connectivity index (χ1n) is 10.8. The van der Waals surface area contributed by atoms with Crippen LogP contribution in [0.3, 0.4) is 0 Å². The monoisotopic (exact) mass is 434 g/mol. The van der Waals surface area contributed by atoms with E-state index in [0.717, 1.165) is 53.5 Å². The molecular weight excluding hydrogens is 404 g/mol. The summed E-state index contributed by atoms with van der Waals surface area (Å²) < 4.78 is 1.92. The van der Waals surface area contributed by atoms with Crippen molar-refractivity contribution in [2.24, 2.45) is 0 Å². The number of hydrogen-bond donors (Lipinski definition) is 1. The highest BCUT2D eigenvalue weighted by Gasteiger charge is 2.18. The molecule has 31 heavy (non-hydrogen) atoms. The Kier molecular flexibility index (Phi) is 6.78. The van der Waals surface area contributed by atoms with Crippen molar-refractivity contribution in [2.75, 3.05) is 29.9 Å². The number of para-hydroxylation sites is 1. The quantitative estimate of drug-likeness (QED) is 0.619. The molecule has 0 unspecified atom stereocenters. The van der Waals surface area contributed by atoms with Gasteiger partial charge in [-0.15, -0.1) is 0 Å². The van der Waals surface area contributed by atoms with E-state index in [-0.39, 0.29) is 5.91 Å². The van der Waals surface area contributed by atoms with Crippen LogP contribution in [0.2, 0.25) is 0 Å². The highest BCUT2D eigenvalue weighted by Crippen LogP contribution is 2.23. The number of thioether (sulfide) groups is 1. The summed E-state index contributed by atoms with van der Waals surface area (Å²) in [6, 6.07) is 16.2. The zero-order chi connectivity index (χ0) is 21.8. The molecule has 1 aromatic heterocycles. The van der Waals surface area contributed by atoms with E-state index in [1.165, 1.54) is 17.1 Å². The van der Waals surface area contributed by atoms with Crippen LogP contribution in [0.1, 0.15) is 28.1 Å². The molecule has 1 N–H and O–H groups in total. The first-order chi connectivity index (χ1) is 15.0. The Hall–Kier alpha value is -2.57. The van der Waals surface area contributed by atoms with Crippen molar-refractivity contribution in [2.45, 2.75) is 33.7 Å². The molecule has 6 heteroatoms. The largest absolute Gasteiger partial charge is 0.326 e. The van der Waals surface area contributed by atoms with Gasteiger partial charge in [-0.1, -0.05) is 30.3 Å². The lowest BCUT2D eigenvalue weighted by Crippen LogP contribution is -2.32. The van der Waals surface area contributed by atoms with Gasteiger partial charge < -0.3 is 5.32 Å². The van der Waals surface area contributed by atoms with Crippen LogP contribution < -0.4 is 5.32 Å². The average molecular weight is 435 g/mol. The number of aryl methyl sites for hydroxylation is 1. The molecule has 0 saturated carbocycles. The van der Waals surface area contributed by atoms with Crippen LogP contribution in [0.15, 0.2) is 48.5 Å². The summed E-state index contributed by atoms with van der Waals surface area (Å²) in [5.74, 6) is 2.39. The molecule has 0 atom stereocenters. The lowest BCUT2D eigenvalue weighted by molar-refractivity contribution is -0.115. The van der Waals surface area contributed by atoms with Gasteiger partial charge in [-0.25, -0.2) is 4.68 Å². The predicted molar refractivity (Wildman–Crippen MR) is 129 cm³/mol. The van der Waals surface area contributed by atoms with Crippen LogP contribution in [0.25, 0.3) is 5.69 Å². The van der Waals surface area contributed by atoms with E-state index >= 15 is 0 Å². The van der Waals surface area contributed by atoms with E-state index < -0.39 is 0 Å². The first-order valence-corrected chi connectivity index (χ1v) is 12.0. The molecule has 0 aliphatic carbocycles. The minimum Gasteiger partial charge on any atom is -0.326 e. The molecule has 0 spiro atoms. The molecule has 1 aliphatic rings. The summed E-state index contributed by atoms with van der Waals surface area (Å²) in [5, 5.41) is 7.81. The highest BCUT2D eigenvalue weighted by molar-refractivity contribution is 7.99. The van der Waals surface area contributed by atoms with Crippen molar-refractivity contribution in [3.8, 4) is 5.69 Å². The smallest absolute Gasteiger partial charge is 0.228 e. The molecule has 2 aromatic carbocycles. The van der Waals surface area contributed by atoms with Crippen molar-refractivity contribution in [3.05, 3.63) is 76.6 Å². The van der Waals surface area contributed by atoms with E-state index in [2.05, 4.69) is 28.3 Å². The van der Waals surface area contributed by atoms with Gasteiger partial charge in [0, 0.05) is 48.1 Å². The Balaban J connectivity index is 1.47. The minimum atomic E-state index is -0.00608. The maximum absolute atomic E-state index is 12.9. The van der Waals surface area contributed by atoms with Crippen LogP contribution in [-0.4, -0.2) is 45.2 Å². The zero-order valence-corrected chi connectivity index (χ0v) is 19.3. The number of rotatable bonds is 6. The van der Waals surface area contributed by atoms with Crippen LogP contribution in [-0.2, 0) is 17.8 Å². The van der Waals surface area contributed by atoms with E-state index in [1.807, 2.05) is 72.8 Å². The molecule has 2 heterocycles. The van der Waals surface area contributed by atoms with Gasteiger partial charge in [0.1, 0.15) is 0 Å². The van der Waals surface area contributed by atoms with Crippen LogP contribution in [0.5, 0.6) is 0 Å². The number of hydrogen-bond acceptors (Lipinski definition) is 4. The third-order valence-electron chi connectivity index (χ3n) is 6.00. The second-order valence-electron chi connectivity index (χ2n) is 8.10. The third kappa shape index (κ3) is 5.02. The van der Waals surface area contributed by atoms with Crippen molar-refractivity contribution in [1.29, 1.82) is 0 Å². The topological polar surface area (TPSA) is 50.2 Å². The van der Waals surface area contributed by atoms with Crippen molar-refractivity contribution in [1.82, 2.24) is 14.7 Å². The summed E-state index contributed by atoms with van der Waals surface area (Å²) in [6.07, 6.45) is 0.317. The number of benzene rings is 2. The number of amides is 1. The number of carbonyl (C=O) groups excluding carboxylic acids is 1. The maximum Gasteiger partial charge on any atom is 0.228 e. The summed E-state index contributed by atoms with van der Waals surface area (Å²) in [6.45, 7) is 9.30. The van der Waals surface area contributed by atoms with Gasteiger partial charge in [0.05, 0.1) is 17.8 Å². The Labute approximate surface area is 188 Å². The molecule has 1 amide bonds. The van der Waals surface area contributed by atoms with Gasteiger partial charge in [-0.2, -0.15) is 16.9 Å². The Bertz CT molecular complexity index is 1050. The van der Waals surface area contributed by atoms with Gasteiger partial charge in [0.15, 0.2) is 0 Å². The first kappa shape index (κ1) is 21.7. The van der Waals surface area contributed by atoms with Crippen molar-refractivity contribution >= 4 is 23.4 Å². The fourth-order valence-electron chi connectivity index (χ4n) is 4.10. The summed E-state index contributed by atoms with van der Waals surface area (Å²) >= 11 is 2.02. The van der Waals surface area contributed by atoms with Gasteiger partial charge >= 0.3 is 0 Å².